The predicted molar refractivity (Wildman–Crippen MR) is 216 cm³/mol. The molecule has 1 atom stereocenters. The summed E-state index contributed by atoms with van der Waals surface area (Å²) in [5, 5.41) is 5.14. The lowest BCUT2D eigenvalue weighted by Gasteiger charge is -2.31. The third kappa shape index (κ3) is 13.0. The van der Waals surface area contributed by atoms with Crippen molar-refractivity contribution in [2.24, 2.45) is 0 Å². The summed E-state index contributed by atoms with van der Waals surface area (Å²) in [4.78, 5) is 33.2. The molecule has 3 aromatic rings. The van der Waals surface area contributed by atoms with Gasteiger partial charge >= 0.3 is 5.97 Å². The maximum Gasteiger partial charge on any atom is 0.308 e. The molecule has 0 saturated carbocycles. The highest BCUT2D eigenvalue weighted by atomic mass is 19.1. The number of aromatic nitrogens is 3. The SMILES string of the molecule is C/C=C\C/C=C\C/C=C\C/C=C\C/C=C\C/C=C\CCC(=O)OCOC1CCCn2c1nc(C)c(CCN1CCC(c3noc4cc(F)ccc34)CC1)c2=O. The fourth-order valence-electron chi connectivity index (χ4n) is 7.09. The van der Waals surface area contributed by atoms with Crippen LogP contribution >= 0.6 is 0 Å². The van der Waals surface area contributed by atoms with Crippen molar-refractivity contribution in [3.05, 3.63) is 130 Å². The first-order chi connectivity index (χ1) is 26.9. The van der Waals surface area contributed by atoms with Gasteiger partial charge in [-0.05, 0) is 110 Å². The quantitative estimate of drug-likeness (QED) is 0.0639. The van der Waals surface area contributed by atoms with E-state index in [2.05, 4.69) is 76.9 Å². The smallest absolute Gasteiger partial charge is 0.308 e. The van der Waals surface area contributed by atoms with Gasteiger partial charge in [-0.2, -0.15) is 0 Å². The largest absolute Gasteiger partial charge is 0.438 e. The zero-order valence-electron chi connectivity index (χ0n) is 32.5. The molecule has 2 aliphatic heterocycles. The molecule has 0 N–H and O–H groups in total. The van der Waals surface area contributed by atoms with Gasteiger partial charge in [0.15, 0.2) is 12.4 Å². The van der Waals surface area contributed by atoms with Gasteiger partial charge in [0.05, 0.1) is 5.69 Å². The summed E-state index contributed by atoms with van der Waals surface area (Å²) in [5.41, 5.74) is 2.84. The molecule has 0 aliphatic carbocycles. The molecular formula is C45H57FN4O5. The average Bonchev–Trinajstić information content (AvgIpc) is 3.61. The lowest BCUT2D eigenvalue weighted by Crippen LogP contribution is -2.38. The maximum absolute atomic E-state index is 13.6. The summed E-state index contributed by atoms with van der Waals surface area (Å²) in [6.45, 7) is 6.89. The molecule has 1 unspecified atom stereocenters. The van der Waals surface area contributed by atoms with E-state index >= 15 is 0 Å². The van der Waals surface area contributed by atoms with Gasteiger partial charge in [0.1, 0.15) is 17.7 Å². The van der Waals surface area contributed by atoms with Gasteiger partial charge in [0, 0.05) is 48.1 Å². The second-order valence-electron chi connectivity index (χ2n) is 14.1. The Hall–Kier alpha value is -4.67. The van der Waals surface area contributed by atoms with E-state index in [-0.39, 0.29) is 36.5 Å². The Morgan fingerprint density at radius 3 is 2.24 bits per heavy atom. The van der Waals surface area contributed by atoms with Crippen molar-refractivity contribution in [1.82, 2.24) is 19.6 Å². The van der Waals surface area contributed by atoms with E-state index in [1.807, 2.05) is 19.9 Å². The monoisotopic (exact) mass is 752 g/mol. The number of hydrogen-bond donors (Lipinski definition) is 0. The zero-order chi connectivity index (χ0) is 38.7. The predicted octanol–water partition coefficient (Wildman–Crippen LogP) is 9.69. The number of piperidine rings is 1. The third-order valence-corrected chi connectivity index (χ3v) is 10.2. The van der Waals surface area contributed by atoms with Crippen molar-refractivity contribution in [1.29, 1.82) is 0 Å². The first-order valence-corrected chi connectivity index (χ1v) is 19.9. The normalized spacial score (nSPS) is 17.4. The number of esters is 1. The van der Waals surface area contributed by atoms with E-state index in [1.165, 1.54) is 12.1 Å². The van der Waals surface area contributed by atoms with E-state index in [0.717, 1.165) is 93.3 Å². The molecule has 10 heteroatoms. The lowest BCUT2D eigenvalue weighted by molar-refractivity contribution is -0.162. The number of likely N-dealkylation sites (tertiary alicyclic amines) is 1. The van der Waals surface area contributed by atoms with E-state index in [0.29, 0.717) is 37.2 Å². The number of benzene rings is 1. The van der Waals surface area contributed by atoms with Crippen LogP contribution in [-0.4, -0.2) is 52.0 Å². The van der Waals surface area contributed by atoms with Crippen LogP contribution in [0, 0.1) is 12.7 Å². The topological polar surface area (TPSA) is 99.7 Å². The number of fused-ring (bicyclic) bond motifs is 2. The first kappa shape index (κ1) is 41.5. The fraction of sp³-hybridized carbons (Fsp3) is 0.467. The summed E-state index contributed by atoms with van der Waals surface area (Å²) in [5.74, 6) is 0.224. The molecule has 5 rings (SSSR count). The molecule has 0 radical (unpaired) electrons. The number of aryl methyl sites for hydroxylation is 1. The molecular weight excluding hydrogens is 696 g/mol. The summed E-state index contributed by atoms with van der Waals surface area (Å²) in [6, 6.07) is 4.58. The Balaban J connectivity index is 0.961. The van der Waals surface area contributed by atoms with Gasteiger partial charge in [0.25, 0.3) is 5.56 Å². The highest BCUT2D eigenvalue weighted by molar-refractivity contribution is 5.79. The number of allylic oxidation sites excluding steroid dienone is 12. The van der Waals surface area contributed by atoms with Crippen LogP contribution in [0.25, 0.3) is 11.0 Å². The van der Waals surface area contributed by atoms with Crippen LogP contribution in [0.2, 0.25) is 0 Å². The Labute approximate surface area is 325 Å². The number of rotatable bonds is 20. The maximum atomic E-state index is 13.6. The van der Waals surface area contributed by atoms with Crippen LogP contribution in [-0.2, 0) is 27.2 Å². The highest BCUT2D eigenvalue weighted by Crippen LogP contribution is 2.33. The summed E-state index contributed by atoms with van der Waals surface area (Å²) in [7, 11) is 0. The first-order valence-electron chi connectivity index (χ1n) is 19.9. The number of ether oxygens (including phenoxy) is 2. The Morgan fingerprint density at radius 2 is 1.56 bits per heavy atom. The van der Waals surface area contributed by atoms with Crippen molar-refractivity contribution < 1.29 is 23.2 Å². The number of nitrogens with zero attached hydrogens (tertiary/aromatic N) is 4. The van der Waals surface area contributed by atoms with Crippen LogP contribution in [0.5, 0.6) is 0 Å². The van der Waals surface area contributed by atoms with Gasteiger partial charge in [-0.3, -0.25) is 14.2 Å². The van der Waals surface area contributed by atoms with Crippen molar-refractivity contribution in [2.45, 2.75) is 109 Å². The van der Waals surface area contributed by atoms with Gasteiger partial charge in [0.2, 0.25) is 0 Å². The average molecular weight is 753 g/mol. The van der Waals surface area contributed by atoms with E-state index < -0.39 is 6.10 Å². The highest BCUT2D eigenvalue weighted by Gasteiger charge is 2.28. The molecule has 0 bridgehead atoms. The van der Waals surface area contributed by atoms with E-state index in [4.69, 9.17) is 19.0 Å². The molecule has 55 heavy (non-hydrogen) atoms. The molecule has 0 amide bonds. The Bertz CT molecular complexity index is 1910. The van der Waals surface area contributed by atoms with Crippen LogP contribution in [0.1, 0.15) is 112 Å². The number of carbonyl (C=O) groups excluding carboxylic acids is 1. The van der Waals surface area contributed by atoms with Gasteiger partial charge in [-0.15, -0.1) is 0 Å². The number of carbonyl (C=O) groups is 1. The molecule has 2 aromatic heterocycles. The van der Waals surface area contributed by atoms with Crippen molar-refractivity contribution >= 4 is 16.9 Å². The van der Waals surface area contributed by atoms with Crippen molar-refractivity contribution in [2.75, 3.05) is 26.4 Å². The lowest BCUT2D eigenvalue weighted by atomic mass is 9.91. The Morgan fingerprint density at radius 1 is 0.909 bits per heavy atom. The van der Waals surface area contributed by atoms with Crippen molar-refractivity contribution in [3.63, 3.8) is 0 Å². The molecule has 2 aliphatic rings. The van der Waals surface area contributed by atoms with Gasteiger partial charge < -0.3 is 18.9 Å². The van der Waals surface area contributed by atoms with Crippen LogP contribution in [0.4, 0.5) is 4.39 Å². The van der Waals surface area contributed by atoms with Crippen LogP contribution in [0.15, 0.2) is 100 Å². The summed E-state index contributed by atoms with van der Waals surface area (Å²) < 4.78 is 32.0. The minimum Gasteiger partial charge on any atom is -0.438 e. The summed E-state index contributed by atoms with van der Waals surface area (Å²) >= 11 is 0. The molecule has 1 fully saturated rings. The zero-order valence-corrected chi connectivity index (χ0v) is 32.5. The Kier molecular flexibility index (Phi) is 17.1. The summed E-state index contributed by atoms with van der Waals surface area (Å²) in [6.07, 6.45) is 34.8. The molecule has 4 heterocycles. The number of halogens is 1. The van der Waals surface area contributed by atoms with E-state index in [9.17, 15) is 14.0 Å². The van der Waals surface area contributed by atoms with Crippen LogP contribution < -0.4 is 5.56 Å². The van der Waals surface area contributed by atoms with Crippen molar-refractivity contribution in [3.8, 4) is 0 Å². The van der Waals surface area contributed by atoms with E-state index in [1.54, 1.807) is 10.6 Å². The fourth-order valence-corrected chi connectivity index (χ4v) is 7.09. The molecule has 0 spiro atoms. The van der Waals surface area contributed by atoms with Crippen LogP contribution in [0.3, 0.4) is 0 Å². The molecule has 1 saturated heterocycles. The minimum atomic E-state index is -0.399. The minimum absolute atomic E-state index is 0.00918. The molecule has 9 nitrogen and oxygen atoms in total. The standard InChI is InChI=1S/C45H57FN4O5/c1-3-4-5-6-7-8-9-10-11-12-13-14-15-16-17-18-19-20-23-42(51)54-34-53-40-22-21-29-50-44(40)47-35(2)38(45(50)52)28-32-49-30-26-36(27-31-49)43-39-25-24-37(46)33-41(39)55-48-43/h3-4,6-7,9-10,12-13,15-16,18-19,24-25,33,36,40H,5,8,11,14,17,20-23,26-32,34H2,1-2H3/b4-3-,7-6-,10-9-,13-12-,16-15-,19-18-. The van der Waals surface area contributed by atoms with Gasteiger partial charge in [-0.25, -0.2) is 9.37 Å². The molecule has 1 aromatic carbocycles. The second-order valence-corrected chi connectivity index (χ2v) is 14.1. The number of hydrogen-bond acceptors (Lipinski definition) is 8. The molecule has 294 valence electrons. The third-order valence-electron chi connectivity index (χ3n) is 10.2. The van der Waals surface area contributed by atoms with Gasteiger partial charge in [-0.1, -0.05) is 78.1 Å². The second kappa shape index (κ2) is 22.6.